The van der Waals surface area contributed by atoms with Crippen molar-refractivity contribution in [1.82, 2.24) is 10.2 Å². The summed E-state index contributed by atoms with van der Waals surface area (Å²) in [5.41, 5.74) is 7.15. The summed E-state index contributed by atoms with van der Waals surface area (Å²) in [6.07, 6.45) is 0.722. The molecule has 1 aromatic rings. The molecule has 0 saturated carbocycles. The Morgan fingerprint density at radius 1 is 1.17 bits per heavy atom. The third-order valence-corrected chi connectivity index (χ3v) is 3.66. The van der Waals surface area contributed by atoms with Crippen LogP contribution in [0.4, 0.5) is 0 Å². The Balaban J connectivity index is 0. The Hall–Kier alpha value is -0.810. The monoisotopic (exact) mass is 363 g/mol. The smallest absolute Gasteiger partial charge is 0.236 e. The molecule has 3 N–H and O–H groups in total. The standard InChI is InChI=1S/C17H29N3O.2ClH/c1-13(2)10-16(18)17(21)19-11-14(3)20(4)12-15-8-6-5-7-9-15;;/h5-9,13-14,16H,10-12,18H2,1-4H3,(H,19,21);2*1H/t14?,16-;;/m0../s1. The van der Waals surface area contributed by atoms with Gasteiger partial charge in [0.1, 0.15) is 0 Å². The van der Waals surface area contributed by atoms with E-state index in [9.17, 15) is 4.79 Å². The van der Waals surface area contributed by atoms with Crippen LogP contribution in [0.1, 0.15) is 32.8 Å². The summed E-state index contributed by atoms with van der Waals surface area (Å²) >= 11 is 0. The zero-order valence-corrected chi connectivity index (χ0v) is 16.1. The highest BCUT2D eigenvalue weighted by Crippen LogP contribution is 2.06. The van der Waals surface area contributed by atoms with E-state index in [1.165, 1.54) is 5.56 Å². The van der Waals surface area contributed by atoms with Crippen molar-refractivity contribution in [2.45, 2.75) is 45.8 Å². The van der Waals surface area contributed by atoms with E-state index in [1.807, 2.05) is 18.2 Å². The van der Waals surface area contributed by atoms with Crippen LogP contribution in [0.25, 0.3) is 0 Å². The topological polar surface area (TPSA) is 58.4 Å². The molecule has 0 radical (unpaired) electrons. The average molecular weight is 364 g/mol. The summed E-state index contributed by atoms with van der Waals surface area (Å²) < 4.78 is 0. The lowest BCUT2D eigenvalue weighted by molar-refractivity contribution is -0.122. The molecule has 0 spiro atoms. The van der Waals surface area contributed by atoms with Crippen LogP contribution in [-0.2, 0) is 11.3 Å². The van der Waals surface area contributed by atoms with E-state index in [-0.39, 0.29) is 36.8 Å². The van der Waals surface area contributed by atoms with Crippen LogP contribution in [0.15, 0.2) is 30.3 Å². The number of halogens is 2. The lowest BCUT2D eigenvalue weighted by Gasteiger charge is -2.25. The molecule has 2 atom stereocenters. The third-order valence-electron chi connectivity index (χ3n) is 3.66. The minimum absolute atomic E-state index is 0. The Kier molecular flexibility index (Phi) is 13.4. The van der Waals surface area contributed by atoms with Crippen LogP contribution < -0.4 is 11.1 Å². The molecule has 0 saturated heterocycles. The summed E-state index contributed by atoms with van der Waals surface area (Å²) in [6.45, 7) is 7.74. The highest BCUT2D eigenvalue weighted by Gasteiger charge is 2.16. The van der Waals surface area contributed by atoms with Gasteiger partial charge in [0.2, 0.25) is 5.91 Å². The van der Waals surface area contributed by atoms with Gasteiger partial charge in [0, 0.05) is 19.1 Å². The van der Waals surface area contributed by atoms with Crippen molar-refractivity contribution < 1.29 is 4.79 Å². The highest BCUT2D eigenvalue weighted by molar-refractivity contribution is 5.85. The second kappa shape index (κ2) is 12.6. The van der Waals surface area contributed by atoms with E-state index in [0.717, 1.165) is 13.0 Å². The Morgan fingerprint density at radius 3 is 2.26 bits per heavy atom. The van der Waals surface area contributed by atoms with Gasteiger partial charge in [-0.2, -0.15) is 0 Å². The molecule has 4 nitrogen and oxygen atoms in total. The third kappa shape index (κ3) is 9.82. The van der Waals surface area contributed by atoms with E-state index in [2.05, 4.69) is 50.2 Å². The maximum absolute atomic E-state index is 11.9. The van der Waals surface area contributed by atoms with Crippen molar-refractivity contribution in [2.75, 3.05) is 13.6 Å². The number of nitrogens with one attached hydrogen (secondary N) is 1. The van der Waals surface area contributed by atoms with E-state index in [1.54, 1.807) is 0 Å². The number of carbonyl (C=O) groups is 1. The van der Waals surface area contributed by atoms with E-state index in [4.69, 9.17) is 5.73 Å². The number of rotatable bonds is 8. The first-order valence-corrected chi connectivity index (χ1v) is 7.67. The number of likely N-dealkylation sites (N-methyl/N-ethyl adjacent to an activating group) is 1. The van der Waals surface area contributed by atoms with Gasteiger partial charge in [0.15, 0.2) is 0 Å². The molecule has 0 aliphatic carbocycles. The minimum Gasteiger partial charge on any atom is -0.353 e. The van der Waals surface area contributed by atoms with Crippen molar-refractivity contribution in [3.8, 4) is 0 Å². The molecule has 0 aliphatic heterocycles. The Morgan fingerprint density at radius 2 is 1.74 bits per heavy atom. The number of benzene rings is 1. The summed E-state index contributed by atoms with van der Waals surface area (Å²) in [4.78, 5) is 14.1. The Labute approximate surface area is 153 Å². The lowest BCUT2D eigenvalue weighted by Crippen LogP contribution is -2.46. The van der Waals surface area contributed by atoms with Crippen LogP contribution >= 0.6 is 24.8 Å². The van der Waals surface area contributed by atoms with Gasteiger partial charge in [-0.25, -0.2) is 0 Å². The molecular formula is C17H31Cl2N3O. The zero-order valence-electron chi connectivity index (χ0n) is 14.5. The molecular weight excluding hydrogens is 333 g/mol. The van der Waals surface area contributed by atoms with Crippen molar-refractivity contribution in [2.24, 2.45) is 11.7 Å². The van der Waals surface area contributed by atoms with Crippen LogP contribution in [0.2, 0.25) is 0 Å². The van der Waals surface area contributed by atoms with Crippen LogP contribution in [0.5, 0.6) is 0 Å². The van der Waals surface area contributed by atoms with E-state index >= 15 is 0 Å². The largest absolute Gasteiger partial charge is 0.353 e. The number of carbonyl (C=O) groups excluding carboxylic acids is 1. The lowest BCUT2D eigenvalue weighted by atomic mass is 10.0. The summed E-state index contributed by atoms with van der Waals surface area (Å²) in [5.74, 6) is 0.382. The number of nitrogens with two attached hydrogens (primary N) is 1. The Bertz CT molecular complexity index is 429. The normalized spacial score (nSPS) is 13.0. The molecule has 0 fully saturated rings. The van der Waals surface area contributed by atoms with Gasteiger partial charge in [-0.3, -0.25) is 9.69 Å². The summed E-state index contributed by atoms with van der Waals surface area (Å²) in [5, 5.41) is 2.95. The van der Waals surface area contributed by atoms with Crippen molar-refractivity contribution >= 4 is 30.7 Å². The molecule has 0 heterocycles. The zero-order chi connectivity index (χ0) is 15.8. The van der Waals surface area contributed by atoms with Crippen LogP contribution in [0, 0.1) is 5.92 Å². The number of amides is 1. The fourth-order valence-electron chi connectivity index (χ4n) is 2.18. The first-order valence-electron chi connectivity index (χ1n) is 7.67. The van der Waals surface area contributed by atoms with Gasteiger partial charge in [0.05, 0.1) is 6.04 Å². The van der Waals surface area contributed by atoms with E-state index in [0.29, 0.717) is 12.5 Å². The average Bonchev–Trinajstić information content (AvgIpc) is 2.44. The number of nitrogens with zero attached hydrogens (tertiary/aromatic N) is 1. The van der Waals surface area contributed by atoms with Gasteiger partial charge in [-0.1, -0.05) is 44.2 Å². The second-order valence-electron chi connectivity index (χ2n) is 6.23. The van der Waals surface area contributed by atoms with Gasteiger partial charge in [0.25, 0.3) is 0 Å². The molecule has 1 aromatic carbocycles. The predicted octanol–water partition coefficient (Wildman–Crippen LogP) is 2.84. The maximum Gasteiger partial charge on any atom is 0.236 e. The quantitative estimate of drug-likeness (QED) is 0.746. The maximum atomic E-state index is 11.9. The van der Waals surface area contributed by atoms with Crippen molar-refractivity contribution in [1.29, 1.82) is 0 Å². The van der Waals surface area contributed by atoms with Crippen LogP contribution in [-0.4, -0.2) is 36.5 Å². The van der Waals surface area contributed by atoms with Gasteiger partial charge in [-0.05, 0) is 31.9 Å². The molecule has 1 rings (SSSR count). The second-order valence-corrected chi connectivity index (χ2v) is 6.23. The molecule has 134 valence electrons. The molecule has 23 heavy (non-hydrogen) atoms. The van der Waals surface area contributed by atoms with Gasteiger partial charge in [-0.15, -0.1) is 24.8 Å². The molecule has 1 amide bonds. The molecule has 6 heteroatoms. The van der Waals surface area contributed by atoms with Crippen molar-refractivity contribution in [3.63, 3.8) is 0 Å². The fourth-order valence-corrected chi connectivity index (χ4v) is 2.18. The summed E-state index contributed by atoms with van der Waals surface area (Å²) in [6, 6.07) is 10.2. The fraction of sp³-hybridized carbons (Fsp3) is 0.588. The first-order chi connectivity index (χ1) is 9.90. The highest BCUT2D eigenvalue weighted by atomic mass is 35.5. The predicted molar refractivity (Wildman–Crippen MR) is 102 cm³/mol. The minimum atomic E-state index is -0.406. The van der Waals surface area contributed by atoms with E-state index < -0.39 is 6.04 Å². The number of hydrogen-bond acceptors (Lipinski definition) is 3. The van der Waals surface area contributed by atoms with Crippen LogP contribution in [0.3, 0.4) is 0 Å². The molecule has 0 aliphatic rings. The molecule has 0 bridgehead atoms. The summed E-state index contributed by atoms with van der Waals surface area (Å²) in [7, 11) is 2.07. The molecule has 0 aromatic heterocycles. The SMILES string of the molecule is CC(C)C[C@H](N)C(=O)NCC(C)N(C)Cc1ccccc1.Cl.Cl. The van der Waals surface area contributed by atoms with Gasteiger partial charge < -0.3 is 11.1 Å². The van der Waals surface area contributed by atoms with Gasteiger partial charge >= 0.3 is 0 Å². The molecule has 1 unspecified atom stereocenters. The van der Waals surface area contributed by atoms with Crippen molar-refractivity contribution in [3.05, 3.63) is 35.9 Å². The number of hydrogen-bond donors (Lipinski definition) is 2. The first kappa shape index (κ1) is 24.4.